The van der Waals surface area contributed by atoms with Crippen LogP contribution in [0, 0.1) is 0 Å². The van der Waals surface area contributed by atoms with Gasteiger partial charge in [0.25, 0.3) is 5.91 Å². The summed E-state index contributed by atoms with van der Waals surface area (Å²) in [6, 6.07) is 5.13. The van der Waals surface area contributed by atoms with Crippen molar-refractivity contribution < 1.29 is 9.53 Å². The lowest BCUT2D eigenvalue weighted by Crippen LogP contribution is -2.12. The van der Waals surface area contributed by atoms with Gasteiger partial charge in [-0.15, -0.1) is 0 Å². The van der Waals surface area contributed by atoms with Crippen molar-refractivity contribution in [1.29, 1.82) is 0 Å². The van der Waals surface area contributed by atoms with Crippen molar-refractivity contribution in [1.82, 2.24) is 0 Å². The van der Waals surface area contributed by atoms with Crippen molar-refractivity contribution in [2.45, 2.75) is 0 Å². The molecule has 2 N–H and O–H groups in total. The van der Waals surface area contributed by atoms with E-state index in [0.717, 1.165) is 4.47 Å². The van der Waals surface area contributed by atoms with E-state index < -0.39 is 5.91 Å². The van der Waals surface area contributed by atoms with Crippen molar-refractivity contribution in [3.05, 3.63) is 28.2 Å². The van der Waals surface area contributed by atoms with Crippen molar-refractivity contribution >= 4 is 21.8 Å². The van der Waals surface area contributed by atoms with E-state index in [1.807, 2.05) is 0 Å². The second kappa shape index (κ2) is 3.58. The molecule has 0 atom stereocenters. The Kier molecular flexibility index (Phi) is 2.70. The van der Waals surface area contributed by atoms with E-state index >= 15 is 0 Å². The standard InChI is InChI=1S/C8H8BrNO2/c1-12-7-5(8(10)11)3-2-4-6(7)9/h2-4H,1H3,(H2,10,11). The van der Waals surface area contributed by atoms with Gasteiger partial charge in [-0.2, -0.15) is 0 Å². The molecule has 12 heavy (non-hydrogen) atoms. The van der Waals surface area contributed by atoms with Crippen LogP contribution >= 0.6 is 15.9 Å². The Hall–Kier alpha value is -1.03. The van der Waals surface area contributed by atoms with Gasteiger partial charge in [-0.3, -0.25) is 4.79 Å². The summed E-state index contributed by atoms with van der Waals surface area (Å²) >= 11 is 3.24. The number of methoxy groups -OCH3 is 1. The van der Waals surface area contributed by atoms with E-state index in [2.05, 4.69) is 15.9 Å². The number of carbonyl (C=O) groups is 1. The third-order valence-electron chi connectivity index (χ3n) is 1.44. The smallest absolute Gasteiger partial charge is 0.252 e. The number of amides is 1. The summed E-state index contributed by atoms with van der Waals surface area (Å²) in [6.45, 7) is 0. The fraction of sp³-hybridized carbons (Fsp3) is 0.125. The predicted octanol–water partition coefficient (Wildman–Crippen LogP) is 1.56. The molecule has 4 heteroatoms. The van der Waals surface area contributed by atoms with Crippen LogP contribution in [0.4, 0.5) is 0 Å². The van der Waals surface area contributed by atoms with Gasteiger partial charge in [-0.1, -0.05) is 6.07 Å². The number of para-hydroxylation sites is 1. The molecule has 0 saturated carbocycles. The monoisotopic (exact) mass is 229 g/mol. The average molecular weight is 230 g/mol. The second-order valence-electron chi connectivity index (χ2n) is 2.18. The molecule has 1 aromatic carbocycles. The lowest BCUT2D eigenvalue weighted by atomic mass is 10.2. The highest BCUT2D eigenvalue weighted by atomic mass is 79.9. The number of nitrogens with two attached hydrogens (primary N) is 1. The van der Waals surface area contributed by atoms with Crippen LogP contribution in [0.5, 0.6) is 5.75 Å². The van der Waals surface area contributed by atoms with Gasteiger partial charge in [0, 0.05) is 0 Å². The maximum absolute atomic E-state index is 10.9. The first-order valence-electron chi connectivity index (χ1n) is 3.29. The van der Waals surface area contributed by atoms with E-state index in [-0.39, 0.29) is 0 Å². The summed E-state index contributed by atoms with van der Waals surface area (Å²) < 4.78 is 5.71. The Morgan fingerprint density at radius 1 is 1.58 bits per heavy atom. The first kappa shape index (κ1) is 9.06. The van der Waals surface area contributed by atoms with Crippen LogP contribution in [-0.2, 0) is 0 Å². The number of carbonyl (C=O) groups excluding carboxylic acids is 1. The minimum atomic E-state index is -0.492. The highest BCUT2D eigenvalue weighted by molar-refractivity contribution is 9.10. The SMILES string of the molecule is COc1c(Br)cccc1C(N)=O. The van der Waals surface area contributed by atoms with Gasteiger partial charge in [-0.05, 0) is 28.1 Å². The normalized spacial score (nSPS) is 9.50. The van der Waals surface area contributed by atoms with Crippen LogP contribution in [0.25, 0.3) is 0 Å². The first-order chi connectivity index (χ1) is 5.66. The maximum Gasteiger partial charge on any atom is 0.252 e. The summed E-state index contributed by atoms with van der Waals surface area (Å²) in [5.74, 6) is -0.0156. The van der Waals surface area contributed by atoms with E-state index in [9.17, 15) is 4.79 Å². The summed E-state index contributed by atoms with van der Waals surface area (Å²) in [7, 11) is 1.49. The molecule has 0 saturated heterocycles. The fourth-order valence-electron chi connectivity index (χ4n) is 0.910. The number of hydrogen-bond acceptors (Lipinski definition) is 2. The highest BCUT2D eigenvalue weighted by Gasteiger charge is 2.10. The Morgan fingerprint density at radius 3 is 2.67 bits per heavy atom. The molecule has 0 radical (unpaired) electrons. The topological polar surface area (TPSA) is 52.3 Å². The molecule has 0 aliphatic carbocycles. The zero-order chi connectivity index (χ0) is 9.14. The van der Waals surface area contributed by atoms with Crippen LogP contribution in [0.3, 0.4) is 0 Å². The van der Waals surface area contributed by atoms with Crippen molar-refractivity contribution in [2.24, 2.45) is 5.73 Å². The van der Waals surface area contributed by atoms with Gasteiger partial charge >= 0.3 is 0 Å². The number of primary amides is 1. The fourth-order valence-corrected chi connectivity index (χ4v) is 1.44. The zero-order valence-electron chi connectivity index (χ0n) is 6.50. The lowest BCUT2D eigenvalue weighted by molar-refractivity contribution is 0.0997. The zero-order valence-corrected chi connectivity index (χ0v) is 8.09. The molecule has 0 spiro atoms. The lowest BCUT2D eigenvalue weighted by Gasteiger charge is -2.06. The van der Waals surface area contributed by atoms with Gasteiger partial charge in [0.05, 0.1) is 17.1 Å². The number of halogens is 1. The number of benzene rings is 1. The maximum atomic E-state index is 10.9. The number of rotatable bonds is 2. The van der Waals surface area contributed by atoms with Crippen LogP contribution in [0.1, 0.15) is 10.4 Å². The Morgan fingerprint density at radius 2 is 2.25 bits per heavy atom. The molecule has 0 bridgehead atoms. The minimum absolute atomic E-state index is 0.381. The van der Waals surface area contributed by atoms with Gasteiger partial charge in [0.2, 0.25) is 0 Å². The quantitative estimate of drug-likeness (QED) is 0.837. The predicted molar refractivity (Wildman–Crippen MR) is 49.2 cm³/mol. The van der Waals surface area contributed by atoms with Crippen molar-refractivity contribution in [2.75, 3.05) is 7.11 Å². The first-order valence-corrected chi connectivity index (χ1v) is 4.08. The molecule has 1 rings (SSSR count). The van der Waals surface area contributed by atoms with Crippen LogP contribution in [0.2, 0.25) is 0 Å². The van der Waals surface area contributed by atoms with Crippen LogP contribution in [0.15, 0.2) is 22.7 Å². The summed E-state index contributed by atoms with van der Waals surface area (Å²) in [5, 5.41) is 0. The molecule has 0 fully saturated rings. The molecule has 64 valence electrons. The summed E-state index contributed by atoms with van der Waals surface area (Å²) in [6.07, 6.45) is 0. The summed E-state index contributed by atoms with van der Waals surface area (Å²) in [5.41, 5.74) is 5.50. The van der Waals surface area contributed by atoms with Gasteiger partial charge < -0.3 is 10.5 Å². The van der Waals surface area contributed by atoms with E-state index in [1.165, 1.54) is 7.11 Å². The molecule has 1 amide bonds. The van der Waals surface area contributed by atoms with Gasteiger partial charge in [0.15, 0.2) is 0 Å². The third-order valence-corrected chi connectivity index (χ3v) is 2.06. The average Bonchev–Trinajstić information content (AvgIpc) is 2.03. The number of hydrogen-bond donors (Lipinski definition) is 1. The van der Waals surface area contributed by atoms with Gasteiger partial charge in [-0.25, -0.2) is 0 Å². The molecule has 0 aromatic heterocycles. The van der Waals surface area contributed by atoms with Crippen LogP contribution < -0.4 is 10.5 Å². The largest absolute Gasteiger partial charge is 0.495 e. The Balaban J connectivity index is 3.27. The third kappa shape index (κ3) is 1.58. The van der Waals surface area contributed by atoms with E-state index in [1.54, 1.807) is 18.2 Å². The second-order valence-corrected chi connectivity index (χ2v) is 3.04. The molecule has 0 heterocycles. The number of ether oxygens (including phenoxy) is 1. The Labute approximate surface area is 78.6 Å². The molecular formula is C8H8BrNO2. The highest BCUT2D eigenvalue weighted by Crippen LogP contribution is 2.27. The molecular weight excluding hydrogens is 222 g/mol. The van der Waals surface area contributed by atoms with Crippen molar-refractivity contribution in [3.8, 4) is 5.75 Å². The molecule has 1 aromatic rings. The molecule has 0 unspecified atom stereocenters. The molecule has 3 nitrogen and oxygen atoms in total. The Bertz CT molecular complexity index is 312. The van der Waals surface area contributed by atoms with Gasteiger partial charge in [0.1, 0.15) is 5.75 Å². The summed E-state index contributed by atoms with van der Waals surface area (Å²) in [4.78, 5) is 10.9. The van der Waals surface area contributed by atoms with Crippen molar-refractivity contribution in [3.63, 3.8) is 0 Å². The van der Waals surface area contributed by atoms with E-state index in [0.29, 0.717) is 11.3 Å². The van der Waals surface area contributed by atoms with E-state index in [4.69, 9.17) is 10.5 Å². The van der Waals surface area contributed by atoms with Crippen LogP contribution in [-0.4, -0.2) is 13.0 Å². The minimum Gasteiger partial charge on any atom is -0.495 e. The molecule has 0 aliphatic heterocycles. The molecule has 0 aliphatic rings.